The Morgan fingerprint density at radius 2 is 2.21 bits per heavy atom. The van der Waals surface area contributed by atoms with Gasteiger partial charge in [-0.1, -0.05) is 23.7 Å². The number of rotatable bonds is 6. The number of ether oxygens (including phenoxy) is 1. The summed E-state index contributed by atoms with van der Waals surface area (Å²) < 4.78 is 29.4. The Labute approximate surface area is 205 Å². The van der Waals surface area contributed by atoms with Crippen LogP contribution in [0.4, 0.5) is 11.4 Å². The molecule has 2 atom stereocenters. The zero-order valence-electron chi connectivity index (χ0n) is 21.5. The number of anilines is 2. The number of nitrogens with zero attached hydrogens (tertiary/aromatic N) is 4. The second kappa shape index (κ2) is 8.43. The lowest BCUT2D eigenvalue weighted by atomic mass is 9.92. The molecule has 34 heavy (non-hydrogen) atoms. The molecule has 4 aromatic rings. The molecular formula is C24H25ClN6O3. The first kappa shape index (κ1) is 19.0. The van der Waals surface area contributed by atoms with Crippen molar-refractivity contribution in [2.24, 2.45) is 0 Å². The summed E-state index contributed by atoms with van der Waals surface area (Å²) in [6.45, 7) is 3.38. The minimum absolute atomic E-state index is 0.278. The van der Waals surface area contributed by atoms with Crippen molar-refractivity contribution in [3.05, 3.63) is 70.8 Å². The quantitative estimate of drug-likeness (QED) is 0.386. The monoisotopic (exact) mass is 483 g/mol. The maximum absolute atomic E-state index is 13.4. The third kappa shape index (κ3) is 3.62. The van der Waals surface area contributed by atoms with E-state index in [1.165, 1.54) is 18.0 Å². The van der Waals surface area contributed by atoms with Gasteiger partial charge in [0.2, 0.25) is 0 Å². The molecule has 1 aromatic carbocycles. The summed E-state index contributed by atoms with van der Waals surface area (Å²) in [6.07, 6.45) is 3.60. The minimum atomic E-state index is -2.74. The molecule has 9 nitrogen and oxygen atoms in total. The highest BCUT2D eigenvalue weighted by atomic mass is 35.5. The number of pyridine rings is 1. The Bertz CT molecular complexity index is 1490. The summed E-state index contributed by atoms with van der Waals surface area (Å²) in [5.41, 5.74) is 1.84. The number of benzene rings is 1. The zero-order valence-corrected chi connectivity index (χ0v) is 19.3. The van der Waals surface area contributed by atoms with Crippen LogP contribution in [0, 0.1) is 6.92 Å². The number of aliphatic hydroxyl groups excluding tert-OH is 1. The van der Waals surface area contributed by atoms with Gasteiger partial charge in [-0.25, -0.2) is 4.98 Å². The van der Waals surface area contributed by atoms with E-state index in [1.54, 1.807) is 29.1 Å². The first-order valence-corrected chi connectivity index (χ1v) is 11.0. The Morgan fingerprint density at radius 1 is 1.35 bits per heavy atom. The van der Waals surface area contributed by atoms with Crippen LogP contribution in [-0.2, 0) is 16.1 Å². The predicted molar refractivity (Wildman–Crippen MR) is 130 cm³/mol. The number of hydrogen-bond acceptors (Lipinski definition) is 6. The predicted octanol–water partition coefficient (Wildman–Crippen LogP) is 3.62. The molecule has 3 N–H and O–H groups in total. The number of aryl methyl sites for hydroxylation is 1. The van der Waals surface area contributed by atoms with Crippen LogP contribution in [0.15, 0.2) is 48.9 Å². The maximum Gasteiger partial charge on any atom is 0.252 e. The van der Waals surface area contributed by atoms with Gasteiger partial charge in [-0.2, -0.15) is 5.10 Å². The normalized spacial score (nSPS) is 20.4. The van der Waals surface area contributed by atoms with E-state index in [0.717, 1.165) is 11.3 Å². The number of aromatic nitrogens is 4. The Morgan fingerprint density at radius 3 is 2.94 bits per heavy atom. The highest BCUT2D eigenvalue weighted by Gasteiger charge is 2.48. The standard InChI is InChI=1S/C24H25ClN6O3/c1-14-7-9-30(29-14)12-15-4-5-16(18(25)10-15)22(32)31-20-17-6-8-26-21(17)27-11-19(20)28-23(33)24(31,2)13-34-3/h4-11,22,32H,12-13H2,1-3H3,(H,26,27)(H,28,33)/i3D3. The summed E-state index contributed by atoms with van der Waals surface area (Å²) in [5, 5.41) is 19.8. The van der Waals surface area contributed by atoms with Crippen LogP contribution < -0.4 is 10.2 Å². The molecule has 0 aliphatic carbocycles. The summed E-state index contributed by atoms with van der Waals surface area (Å²) in [4.78, 5) is 22.1. The van der Waals surface area contributed by atoms with Crippen LogP contribution in [0.3, 0.4) is 0 Å². The molecule has 0 spiro atoms. The summed E-state index contributed by atoms with van der Waals surface area (Å²) in [7, 11) is -2.74. The SMILES string of the molecule is [2H]C([2H])([2H])OCC1(C)C(=O)Nc2cnc3[nH]ccc3c2N1C(O)c1ccc(Cn2ccc(C)n2)cc1Cl. The van der Waals surface area contributed by atoms with Gasteiger partial charge in [-0.3, -0.25) is 9.48 Å². The summed E-state index contributed by atoms with van der Waals surface area (Å²) in [6, 6.07) is 8.90. The van der Waals surface area contributed by atoms with Gasteiger partial charge in [-0.15, -0.1) is 0 Å². The molecule has 0 saturated carbocycles. The van der Waals surface area contributed by atoms with Crippen LogP contribution >= 0.6 is 11.6 Å². The average Bonchev–Trinajstić information content (AvgIpc) is 3.47. The molecule has 2 unspecified atom stereocenters. The van der Waals surface area contributed by atoms with Gasteiger partial charge in [0.15, 0.2) is 6.23 Å². The number of hydrogen-bond donors (Lipinski definition) is 3. The minimum Gasteiger partial charge on any atom is -0.382 e. The number of carbonyl (C=O) groups excluding carboxylic acids is 1. The van der Waals surface area contributed by atoms with Gasteiger partial charge in [0.05, 0.1) is 40.5 Å². The molecule has 0 radical (unpaired) electrons. The maximum atomic E-state index is 13.4. The fourth-order valence-corrected chi connectivity index (χ4v) is 4.68. The molecule has 1 aliphatic rings. The zero-order chi connectivity index (χ0) is 26.5. The number of carbonyl (C=O) groups is 1. The molecule has 0 bridgehead atoms. The van der Waals surface area contributed by atoms with Gasteiger partial charge in [0.1, 0.15) is 11.2 Å². The number of methoxy groups -OCH3 is 1. The van der Waals surface area contributed by atoms with Crippen LogP contribution in [0.2, 0.25) is 5.02 Å². The molecule has 176 valence electrons. The topological polar surface area (TPSA) is 108 Å². The highest BCUT2D eigenvalue weighted by molar-refractivity contribution is 6.31. The van der Waals surface area contributed by atoms with Gasteiger partial charge in [-0.05, 0) is 37.6 Å². The lowest BCUT2D eigenvalue weighted by molar-refractivity contribution is -0.124. The van der Waals surface area contributed by atoms with E-state index in [-0.39, 0.29) is 5.02 Å². The van der Waals surface area contributed by atoms with Gasteiger partial charge >= 0.3 is 0 Å². The van der Waals surface area contributed by atoms with Gasteiger partial charge < -0.3 is 25.0 Å². The van der Waals surface area contributed by atoms with Crippen LogP contribution in [-0.4, -0.2) is 49.9 Å². The van der Waals surface area contributed by atoms with Crippen molar-refractivity contribution in [1.29, 1.82) is 0 Å². The Balaban J connectivity index is 1.59. The second-order valence-electron chi connectivity index (χ2n) is 8.53. The Hall–Kier alpha value is -3.40. The number of halogens is 1. The number of fused-ring (bicyclic) bond motifs is 3. The second-order valence-corrected chi connectivity index (χ2v) is 8.94. The van der Waals surface area contributed by atoms with Crippen molar-refractivity contribution in [2.45, 2.75) is 32.2 Å². The van der Waals surface area contributed by atoms with Crippen molar-refractivity contribution < 1.29 is 18.8 Å². The molecule has 5 rings (SSSR count). The van der Waals surface area contributed by atoms with Gasteiger partial charge in [0, 0.05) is 35.4 Å². The largest absolute Gasteiger partial charge is 0.382 e. The van der Waals surface area contributed by atoms with Crippen LogP contribution in [0.1, 0.15) is 34.1 Å². The fraction of sp³-hybridized carbons (Fsp3) is 0.292. The molecular weight excluding hydrogens is 456 g/mol. The number of aromatic amines is 1. The smallest absolute Gasteiger partial charge is 0.252 e. The van der Waals surface area contributed by atoms with E-state index in [2.05, 4.69) is 20.4 Å². The Kier molecular flexibility index (Phi) is 4.70. The summed E-state index contributed by atoms with van der Waals surface area (Å²) in [5.74, 6) is -0.554. The molecule has 3 aromatic heterocycles. The van der Waals surface area contributed by atoms with Crippen LogP contribution in [0.5, 0.6) is 0 Å². The molecule has 0 saturated heterocycles. The molecule has 0 fully saturated rings. The number of amides is 1. The average molecular weight is 484 g/mol. The number of nitrogens with one attached hydrogen (secondary N) is 2. The van der Waals surface area contributed by atoms with E-state index in [1.807, 2.05) is 25.3 Å². The van der Waals surface area contributed by atoms with E-state index in [0.29, 0.717) is 34.5 Å². The third-order valence-corrected chi connectivity index (χ3v) is 6.45. The van der Waals surface area contributed by atoms with Crippen molar-refractivity contribution in [3.63, 3.8) is 0 Å². The van der Waals surface area contributed by atoms with E-state index < -0.39 is 31.3 Å². The molecule has 1 aliphatic heterocycles. The van der Waals surface area contributed by atoms with Crippen molar-refractivity contribution >= 4 is 39.9 Å². The fourth-order valence-electron chi connectivity index (χ4n) is 4.38. The van der Waals surface area contributed by atoms with E-state index in [4.69, 9.17) is 20.5 Å². The van der Waals surface area contributed by atoms with Crippen molar-refractivity contribution in [1.82, 2.24) is 19.7 Å². The highest BCUT2D eigenvalue weighted by Crippen LogP contribution is 2.46. The molecule has 4 heterocycles. The van der Waals surface area contributed by atoms with Crippen LogP contribution in [0.25, 0.3) is 11.0 Å². The van der Waals surface area contributed by atoms with Crippen molar-refractivity contribution in [3.8, 4) is 0 Å². The van der Waals surface area contributed by atoms with E-state index in [9.17, 15) is 9.90 Å². The van der Waals surface area contributed by atoms with Gasteiger partial charge in [0.25, 0.3) is 5.91 Å². The third-order valence-electron chi connectivity index (χ3n) is 6.13. The molecule has 10 heteroatoms. The molecule has 1 amide bonds. The number of aliphatic hydroxyl groups is 1. The first-order valence-electron chi connectivity index (χ1n) is 12.1. The van der Waals surface area contributed by atoms with E-state index >= 15 is 0 Å². The number of H-pyrrole nitrogens is 1. The summed E-state index contributed by atoms with van der Waals surface area (Å²) >= 11 is 6.66. The van der Waals surface area contributed by atoms with Crippen molar-refractivity contribution in [2.75, 3.05) is 23.9 Å². The lowest BCUT2D eigenvalue weighted by Crippen LogP contribution is -2.61. The first-order chi connectivity index (χ1) is 17.5. The lowest BCUT2D eigenvalue weighted by Gasteiger charge is -2.47.